The van der Waals surface area contributed by atoms with Crippen LogP contribution in [0.4, 0.5) is 0 Å². The summed E-state index contributed by atoms with van der Waals surface area (Å²) in [6.07, 6.45) is 0. The fourth-order valence-corrected chi connectivity index (χ4v) is 4.24. The summed E-state index contributed by atoms with van der Waals surface area (Å²) in [6.45, 7) is 2.08. The molecule has 3 aromatic carbocycles. The molecular formula is C25H21NOS. The molecule has 0 aliphatic rings. The lowest BCUT2D eigenvalue weighted by Crippen LogP contribution is -2.17. The molecule has 0 aliphatic carbocycles. The predicted molar refractivity (Wildman–Crippen MR) is 117 cm³/mol. The van der Waals surface area contributed by atoms with E-state index in [0.717, 1.165) is 16.5 Å². The monoisotopic (exact) mass is 383 g/mol. The number of aromatic nitrogens is 1. The molecule has 3 heteroatoms. The van der Waals surface area contributed by atoms with Gasteiger partial charge >= 0.3 is 0 Å². The molecule has 0 bridgehead atoms. The van der Waals surface area contributed by atoms with Gasteiger partial charge in [0.25, 0.3) is 0 Å². The molecule has 138 valence electrons. The molecular weight excluding hydrogens is 362 g/mol. The van der Waals surface area contributed by atoms with Crippen LogP contribution in [-0.2, 0) is 0 Å². The third-order valence-corrected chi connectivity index (χ3v) is 5.91. The average molecular weight is 384 g/mol. The van der Waals surface area contributed by atoms with E-state index in [4.69, 9.17) is 0 Å². The predicted octanol–water partition coefficient (Wildman–Crippen LogP) is 6.30. The summed E-state index contributed by atoms with van der Waals surface area (Å²) in [5.74, 6) is 0.512. The van der Waals surface area contributed by atoms with Crippen LogP contribution in [0.2, 0.25) is 0 Å². The number of pyridine rings is 1. The number of ketones is 1. The Hall–Kier alpha value is -2.91. The molecule has 0 aliphatic heterocycles. The average Bonchev–Trinajstić information content (AvgIpc) is 2.75. The Kier molecular flexibility index (Phi) is 5.54. The lowest BCUT2D eigenvalue weighted by Gasteiger charge is -2.16. The maximum Gasteiger partial charge on any atom is 0.189 e. The number of carbonyl (C=O) groups excluding carboxylic acids is 1. The van der Waals surface area contributed by atoms with E-state index >= 15 is 0 Å². The van der Waals surface area contributed by atoms with E-state index in [1.54, 1.807) is 11.8 Å². The molecule has 0 amide bonds. The summed E-state index contributed by atoms with van der Waals surface area (Å²) in [5, 5.41) is 1.05. The van der Waals surface area contributed by atoms with Gasteiger partial charge < -0.3 is 0 Å². The van der Waals surface area contributed by atoms with Crippen molar-refractivity contribution in [2.75, 3.05) is 5.75 Å². The normalized spacial score (nSPS) is 12.0. The molecule has 0 N–H and O–H groups in total. The summed E-state index contributed by atoms with van der Waals surface area (Å²) < 4.78 is 0. The Balaban J connectivity index is 1.63. The first kappa shape index (κ1) is 18.5. The minimum Gasteiger partial charge on any atom is -0.292 e. The summed E-state index contributed by atoms with van der Waals surface area (Å²) in [7, 11) is 0. The topological polar surface area (TPSA) is 30.0 Å². The van der Waals surface area contributed by atoms with Gasteiger partial charge in [-0.1, -0.05) is 72.3 Å². The zero-order valence-corrected chi connectivity index (χ0v) is 16.5. The number of fused-ring (bicyclic) bond motifs is 1. The van der Waals surface area contributed by atoms with Gasteiger partial charge in [0, 0.05) is 16.0 Å². The highest BCUT2D eigenvalue weighted by atomic mass is 32.2. The van der Waals surface area contributed by atoms with Gasteiger partial charge in [0.15, 0.2) is 5.78 Å². The Labute approximate surface area is 169 Å². The van der Waals surface area contributed by atoms with Crippen molar-refractivity contribution in [2.24, 2.45) is 0 Å². The first-order valence-corrected chi connectivity index (χ1v) is 10.3. The summed E-state index contributed by atoms with van der Waals surface area (Å²) in [4.78, 5) is 19.2. The van der Waals surface area contributed by atoms with E-state index in [2.05, 4.69) is 36.2 Å². The number of aryl methyl sites for hydroxylation is 1. The molecule has 1 heterocycles. The van der Waals surface area contributed by atoms with Crippen molar-refractivity contribution in [1.82, 2.24) is 4.98 Å². The van der Waals surface area contributed by atoms with Gasteiger partial charge in [-0.3, -0.25) is 4.79 Å². The van der Waals surface area contributed by atoms with Gasteiger partial charge in [-0.05, 0) is 36.8 Å². The van der Waals surface area contributed by atoms with Crippen LogP contribution in [0.3, 0.4) is 0 Å². The molecule has 28 heavy (non-hydrogen) atoms. The number of para-hydroxylation sites is 1. The SMILES string of the molecule is Cc1ccc(SCC(C(=O)c2ccc3ccccc3n2)c2ccccc2)cc1. The lowest BCUT2D eigenvalue weighted by atomic mass is 9.94. The third kappa shape index (κ3) is 4.15. The molecule has 0 saturated carbocycles. The molecule has 1 aromatic heterocycles. The van der Waals surface area contributed by atoms with Crippen LogP contribution in [0.5, 0.6) is 0 Å². The zero-order chi connectivity index (χ0) is 19.3. The fraction of sp³-hybridized carbons (Fsp3) is 0.120. The molecule has 0 spiro atoms. The number of hydrogen-bond acceptors (Lipinski definition) is 3. The number of Topliss-reactive ketones (excluding diaryl/α,β-unsaturated/α-hetero) is 1. The molecule has 0 saturated heterocycles. The molecule has 1 atom stereocenters. The van der Waals surface area contributed by atoms with Crippen LogP contribution < -0.4 is 0 Å². The second-order valence-corrected chi connectivity index (χ2v) is 7.93. The van der Waals surface area contributed by atoms with Gasteiger partial charge in [0.1, 0.15) is 5.69 Å². The maximum atomic E-state index is 13.4. The fourth-order valence-electron chi connectivity index (χ4n) is 3.20. The molecule has 4 aromatic rings. The Morgan fingerprint density at radius 1 is 0.857 bits per heavy atom. The van der Waals surface area contributed by atoms with Gasteiger partial charge in [0.2, 0.25) is 0 Å². The molecule has 1 unspecified atom stereocenters. The second kappa shape index (κ2) is 8.41. The van der Waals surface area contributed by atoms with Crippen LogP contribution in [-0.4, -0.2) is 16.5 Å². The number of carbonyl (C=O) groups is 1. The van der Waals surface area contributed by atoms with Gasteiger partial charge in [-0.15, -0.1) is 11.8 Å². The number of benzene rings is 3. The third-order valence-electron chi connectivity index (χ3n) is 4.81. The quantitative estimate of drug-likeness (QED) is 0.289. The van der Waals surface area contributed by atoms with Gasteiger partial charge in [0.05, 0.1) is 11.4 Å². The van der Waals surface area contributed by atoms with Crippen molar-refractivity contribution in [1.29, 1.82) is 0 Å². The zero-order valence-electron chi connectivity index (χ0n) is 15.7. The van der Waals surface area contributed by atoms with Crippen molar-refractivity contribution in [3.8, 4) is 0 Å². The summed E-state index contributed by atoms with van der Waals surface area (Å²) in [6, 6.07) is 30.2. The largest absolute Gasteiger partial charge is 0.292 e. The Bertz CT molecular complexity index is 1090. The highest BCUT2D eigenvalue weighted by molar-refractivity contribution is 7.99. The number of nitrogens with zero attached hydrogens (tertiary/aromatic N) is 1. The van der Waals surface area contributed by atoms with E-state index < -0.39 is 0 Å². The van der Waals surface area contributed by atoms with E-state index in [1.807, 2.05) is 66.7 Å². The minimum absolute atomic E-state index is 0.0663. The molecule has 0 radical (unpaired) electrons. The first-order valence-electron chi connectivity index (χ1n) is 9.35. The van der Waals surface area contributed by atoms with Crippen LogP contribution in [0.25, 0.3) is 10.9 Å². The van der Waals surface area contributed by atoms with Crippen LogP contribution in [0.1, 0.15) is 27.5 Å². The second-order valence-electron chi connectivity index (χ2n) is 6.84. The van der Waals surface area contributed by atoms with Gasteiger partial charge in [-0.25, -0.2) is 4.98 Å². The smallest absolute Gasteiger partial charge is 0.189 e. The van der Waals surface area contributed by atoms with E-state index in [9.17, 15) is 4.79 Å². The Morgan fingerprint density at radius 2 is 1.57 bits per heavy atom. The van der Waals surface area contributed by atoms with Crippen molar-refractivity contribution < 1.29 is 4.79 Å². The van der Waals surface area contributed by atoms with Gasteiger partial charge in [-0.2, -0.15) is 0 Å². The van der Waals surface area contributed by atoms with E-state index in [-0.39, 0.29) is 11.7 Å². The number of hydrogen-bond donors (Lipinski definition) is 0. The van der Waals surface area contributed by atoms with Crippen LogP contribution in [0, 0.1) is 6.92 Å². The maximum absolute atomic E-state index is 13.4. The van der Waals surface area contributed by atoms with Crippen LogP contribution >= 0.6 is 11.8 Å². The first-order chi connectivity index (χ1) is 13.7. The van der Waals surface area contributed by atoms with Crippen molar-refractivity contribution in [3.63, 3.8) is 0 Å². The minimum atomic E-state index is -0.235. The highest BCUT2D eigenvalue weighted by Crippen LogP contribution is 2.29. The van der Waals surface area contributed by atoms with Crippen molar-refractivity contribution >= 4 is 28.4 Å². The van der Waals surface area contributed by atoms with Crippen LogP contribution in [0.15, 0.2) is 95.9 Å². The highest BCUT2D eigenvalue weighted by Gasteiger charge is 2.23. The Morgan fingerprint density at radius 3 is 2.36 bits per heavy atom. The number of rotatable bonds is 6. The molecule has 2 nitrogen and oxygen atoms in total. The van der Waals surface area contributed by atoms with E-state index in [1.165, 1.54) is 10.5 Å². The lowest BCUT2D eigenvalue weighted by molar-refractivity contribution is 0.0963. The summed E-state index contributed by atoms with van der Waals surface area (Å²) in [5.41, 5.74) is 3.64. The van der Waals surface area contributed by atoms with Crippen molar-refractivity contribution in [2.45, 2.75) is 17.7 Å². The standard InChI is InChI=1S/C25H21NOS/c1-18-11-14-21(15-12-18)28-17-22(19-7-3-2-4-8-19)25(27)24-16-13-20-9-5-6-10-23(20)26-24/h2-16,22H,17H2,1H3. The van der Waals surface area contributed by atoms with Crippen molar-refractivity contribution in [3.05, 3.63) is 108 Å². The summed E-state index contributed by atoms with van der Waals surface area (Å²) >= 11 is 1.71. The molecule has 4 rings (SSSR count). The van der Waals surface area contributed by atoms with E-state index in [0.29, 0.717) is 11.4 Å². The molecule has 0 fully saturated rings. The number of thioether (sulfide) groups is 1.